The van der Waals surface area contributed by atoms with Gasteiger partial charge in [-0.1, -0.05) is 0 Å². The maximum absolute atomic E-state index is 11.2. The molecule has 13 heavy (non-hydrogen) atoms. The fourth-order valence-electron chi connectivity index (χ4n) is 1.22. The van der Waals surface area contributed by atoms with Crippen molar-refractivity contribution in [2.45, 2.75) is 6.42 Å². The van der Waals surface area contributed by atoms with Gasteiger partial charge in [0.2, 0.25) is 10.0 Å². The zero-order chi connectivity index (χ0) is 9.73. The van der Waals surface area contributed by atoms with E-state index < -0.39 is 10.0 Å². The van der Waals surface area contributed by atoms with E-state index in [-0.39, 0.29) is 12.3 Å². The number of nitrogens with one attached hydrogen (secondary N) is 1. The molecule has 0 amide bonds. The highest BCUT2D eigenvalue weighted by atomic mass is 32.2. The molecule has 1 saturated heterocycles. The highest BCUT2D eigenvalue weighted by Crippen LogP contribution is 2.22. The van der Waals surface area contributed by atoms with E-state index in [1.807, 2.05) is 11.8 Å². The number of nitrogens with two attached hydrogens (primary N) is 1. The fraction of sp³-hybridized carbons (Fsp3) is 1.00. The molecular formula is C7H16N2O2S2. The molecule has 1 atom stereocenters. The Morgan fingerprint density at radius 2 is 2.31 bits per heavy atom. The van der Waals surface area contributed by atoms with Crippen LogP contribution in [0.25, 0.3) is 0 Å². The highest BCUT2D eigenvalue weighted by molar-refractivity contribution is 7.99. The Hall–Kier alpha value is 0.220. The largest absolute Gasteiger partial charge is 0.329 e. The average molecular weight is 224 g/mol. The van der Waals surface area contributed by atoms with E-state index in [2.05, 4.69) is 4.72 Å². The van der Waals surface area contributed by atoms with E-state index in [1.165, 1.54) is 0 Å². The minimum Gasteiger partial charge on any atom is -0.329 e. The van der Waals surface area contributed by atoms with Crippen LogP contribution >= 0.6 is 11.8 Å². The zero-order valence-electron chi connectivity index (χ0n) is 7.53. The number of sulfonamides is 1. The van der Waals surface area contributed by atoms with Crippen LogP contribution in [-0.2, 0) is 10.0 Å². The van der Waals surface area contributed by atoms with E-state index in [0.29, 0.717) is 12.5 Å². The molecule has 0 saturated carbocycles. The van der Waals surface area contributed by atoms with E-state index >= 15 is 0 Å². The van der Waals surface area contributed by atoms with Gasteiger partial charge in [0.1, 0.15) is 0 Å². The lowest BCUT2D eigenvalue weighted by Crippen LogP contribution is -2.33. The maximum atomic E-state index is 11.2. The standard InChI is InChI=1S/C7H16N2O2S2/c8-2-4-13(10,11)9-5-7-1-3-12-6-7/h7,9H,1-6,8H2. The fourth-order valence-corrected chi connectivity index (χ4v) is 3.45. The zero-order valence-corrected chi connectivity index (χ0v) is 9.16. The van der Waals surface area contributed by atoms with Gasteiger partial charge in [0.05, 0.1) is 5.75 Å². The Kier molecular flexibility index (Phi) is 4.51. The molecule has 1 fully saturated rings. The summed E-state index contributed by atoms with van der Waals surface area (Å²) in [5.74, 6) is 2.78. The van der Waals surface area contributed by atoms with Gasteiger partial charge in [-0.25, -0.2) is 13.1 Å². The van der Waals surface area contributed by atoms with Gasteiger partial charge >= 0.3 is 0 Å². The third-order valence-corrected chi connectivity index (χ3v) is 4.61. The lowest BCUT2D eigenvalue weighted by Gasteiger charge is -2.09. The lowest BCUT2D eigenvalue weighted by atomic mass is 10.1. The van der Waals surface area contributed by atoms with Gasteiger partial charge < -0.3 is 5.73 Å². The summed E-state index contributed by atoms with van der Waals surface area (Å²) in [6, 6.07) is 0. The molecule has 0 bridgehead atoms. The van der Waals surface area contributed by atoms with Crippen molar-refractivity contribution < 1.29 is 8.42 Å². The van der Waals surface area contributed by atoms with Crippen LogP contribution in [-0.4, -0.2) is 38.8 Å². The van der Waals surface area contributed by atoms with Crippen LogP contribution < -0.4 is 10.5 Å². The Balaban J connectivity index is 2.24. The first-order chi connectivity index (χ1) is 6.14. The maximum Gasteiger partial charge on any atom is 0.212 e. The van der Waals surface area contributed by atoms with Crippen molar-refractivity contribution in [2.75, 3.05) is 30.3 Å². The minimum atomic E-state index is -3.10. The second-order valence-electron chi connectivity index (χ2n) is 3.19. The summed E-state index contributed by atoms with van der Waals surface area (Å²) in [5, 5.41) is 0. The molecule has 1 unspecified atom stereocenters. The second kappa shape index (κ2) is 5.19. The monoisotopic (exact) mass is 224 g/mol. The molecule has 1 rings (SSSR count). The molecule has 0 radical (unpaired) electrons. The Morgan fingerprint density at radius 1 is 1.54 bits per heavy atom. The molecule has 3 N–H and O–H groups in total. The third-order valence-electron chi connectivity index (χ3n) is 2.00. The van der Waals surface area contributed by atoms with E-state index in [1.54, 1.807) is 0 Å². The van der Waals surface area contributed by atoms with Gasteiger partial charge in [-0.15, -0.1) is 0 Å². The molecule has 0 aliphatic carbocycles. The molecular weight excluding hydrogens is 208 g/mol. The topological polar surface area (TPSA) is 72.2 Å². The smallest absolute Gasteiger partial charge is 0.212 e. The molecule has 0 aromatic carbocycles. The quantitative estimate of drug-likeness (QED) is 0.667. The summed E-state index contributed by atoms with van der Waals surface area (Å²) < 4.78 is 25.0. The van der Waals surface area contributed by atoms with Crippen LogP contribution in [0, 0.1) is 5.92 Å². The second-order valence-corrected chi connectivity index (χ2v) is 6.26. The molecule has 1 aliphatic heterocycles. The summed E-state index contributed by atoms with van der Waals surface area (Å²) in [6.07, 6.45) is 1.12. The van der Waals surface area contributed by atoms with Gasteiger partial charge in [-0.3, -0.25) is 0 Å². The summed E-state index contributed by atoms with van der Waals surface area (Å²) in [6.45, 7) is 0.768. The average Bonchev–Trinajstić information content (AvgIpc) is 2.52. The van der Waals surface area contributed by atoms with Crippen molar-refractivity contribution in [3.05, 3.63) is 0 Å². The van der Waals surface area contributed by atoms with Crippen LogP contribution in [0.3, 0.4) is 0 Å². The molecule has 0 aromatic heterocycles. The Bertz CT molecular complexity index is 235. The predicted octanol–water partition coefficient (Wildman–Crippen LogP) is -0.382. The third kappa shape index (κ3) is 4.30. The first kappa shape index (κ1) is 11.3. The predicted molar refractivity (Wildman–Crippen MR) is 56.3 cm³/mol. The van der Waals surface area contributed by atoms with E-state index in [9.17, 15) is 8.42 Å². The number of thioether (sulfide) groups is 1. The molecule has 1 aliphatic rings. The van der Waals surface area contributed by atoms with Gasteiger partial charge in [0.25, 0.3) is 0 Å². The van der Waals surface area contributed by atoms with Crippen LogP contribution in [0.5, 0.6) is 0 Å². The molecule has 0 spiro atoms. The number of hydrogen-bond donors (Lipinski definition) is 2. The van der Waals surface area contributed by atoms with Crippen LogP contribution in [0.4, 0.5) is 0 Å². The lowest BCUT2D eigenvalue weighted by molar-refractivity contribution is 0.546. The number of hydrogen-bond acceptors (Lipinski definition) is 4. The van der Waals surface area contributed by atoms with Crippen LogP contribution in [0.2, 0.25) is 0 Å². The van der Waals surface area contributed by atoms with Crippen molar-refractivity contribution in [1.82, 2.24) is 4.72 Å². The summed E-state index contributed by atoms with van der Waals surface area (Å²) >= 11 is 1.89. The Morgan fingerprint density at radius 3 is 2.85 bits per heavy atom. The van der Waals surface area contributed by atoms with Gasteiger partial charge in [-0.2, -0.15) is 11.8 Å². The molecule has 0 aromatic rings. The van der Waals surface area contributed by atoms with E-state index in [4.69, 9.17) is 5.73 Å². The van der Waals surface area contributed by atoms with Crippen molar-refractivity contribution in [3.8, 4) is 0 Å². The first-order valence-corrected chi connectivity index (χ1v) is 7.20. The van der Waals surface area contributed by atoms with Crippen molar-refractivity contribution in [3.63, 3.8) is 0 Å². The first-order valence-electron chi connectivity index (χ1n) is 4.39. The van der Waals surface area contributed by atoms with E-state index in [0.717, 1.165) is 17.9 Å². The van der Waals surface area contributed by atoms with Crippen molar-refractivity contribution in [2.24, 2.45) is 11.7 Å². The van der Waals surface area contributed by atoms with Crippen LogP contribution in [0.15, 0.2) is 0 Å². The minimum absolute atomic E-state index is 0.0346. The van der Waals surface area contributed by atoms with Gasteiger partial charge in [-0.05, 0) is 23.8 Å². The van der Waals surface area contributed by atoms with Crippen molar-refractivity contribution in [1.29, 1.82) is 0 Å². The van der Waals surface area contributed by atoms with Crippen LogP contribution in [0.1, 0.15) is 6.42 Å². The van der Waals surface area contributed by atoms with Gasteiger partial charge in [0, 0.05) is 13.1 Å². The molecule has 4 nitrogen and oxygen atoms in total. The SMILES string of the molecule is NCCS(=O)(=O)NCC1CCSC1. The molecule has 1 heterocycles. The van der Waals surface area contributed by atoms with Crippen molar-refractivity contribution >= 4 is 21.8 Å². The Labute approximate surface area is 83.7 Å². The summed E-state index contributed by atoms with van der Waals surface area (Å²) in [7, 11) is -3.10. The molecule has 78 valence electrons. The summed E-state index contributed by atoms with van der Waals surface area (Å²) in [5.41, 5.74) is 5.18. The normalized spacial score (nSPS) is 23.6. The van der Waals surface area contributed by atoms with Gasteiger partial charge in [0.15, 0.2) is 0 Å². The summed E-state index contributed by atoms with van der Waals surface area (Å²) in [4.78, 5) is 0. The highest BCUT2D eigenvalue weighted by Gasteiger charge is 2.17. The molecule has 6 heteroatoms. The number of rotatable bonds is 5.